The Hall–Kier alpha value is -0.580. The molecule has 0 atom stereocenters. The maximum Gasteiger partial charge on any atom is 0.122 e. The van der Waals surface area contributed by atoms with Gasteiger partial charge >= 0.3 is 0 Å². The minimum atomic E-state index is 0.678. The third kappa shape index (κ3) is 7.55. The molecule has 1 N–H and O–H groups in total. The van der Waals surface area contributed by atoms with Crippen LogP contribution in [0.25, 0.3) is 0 Å². The monoisotopic (exact) mass is 329 g/mol. The van der Waals surface area contributed by atoms with Crippen molar-refractivity contribution in [1.82, 2.24) is 5.32 Å². The smallest absolute Gasteiger partial charge is 0.122 e. The first-order chi connectivity index (χ1) is 9.24. The molecule has 0 aromatic heterocycles. The van der Waals surface area contributed by atoms with E-state index in [1.54, 1.807) is 0 Å². The van der Waals surface area contributed by atoms with Gasteiger partial charge in [-0.1, -0.05) is 29.3 Å². The molecule has 0 bridgehead atoms. The Bertz CT molecular complexity index is 358. The van der Waals surface area contributed by atoms with Gasteiger partial charge in [0.25, 0.3) is 0 Å². The maximum atomic E-state index is 5.71. The first-order valence-electron chi connectivity index (χ1n) is 6.91. The van der Waals surface area contributed by atoms with E-state index in [4.69, 9.17) is 9.47 Å². The number of halogens is 1. The highest BCUT2D eigenvalue weighted by Gasteiger charge is 1.99. The summed E-state index contributed by atoms with van der Waals surface area (Å²) in [4.78, 5) is 0. The van der Waals surface area contributed by atoms with Crippen LogP contribution in [-0.2, 0) is 4.74 Å². The molecule has 0 unspecified atom stereocenters. The van der Waals surface area contributed by atoms with Crippen LogP contribution in [0.3, 0.4) is 0 Å². The van der Waals surface area contributed by atoms with Crippen LogP contribution in [0.2, 0.25) is 0 Å². The van der Waals surface area contributed by atoms with Gasteiger partial charge in [-0.25, -0.2) is 0 Å². The second-order valence-corrected chi connectivity index (χ2v) is 5.39. The van der Waals surface area contributed by atoms with Crippen LogP contribution in [0.5, 0.6) is 5.75 Å². The van der Waals surface area contributed by atoms with E-state index >= 15 is 0 Å². The Labute approximate surface area is 124 Å². The van der Waals surface area contributed by atoms with Gasteiger partial charge < -0.3 is 14.8 Å². The molecule has 19 heavy (non-hydrogen) atoms. The SMILES string of the molecule is CCCCOCCNCCOc1ccc(Br)cc1C. The van der Waals surface area contributed by atoms with E-state index in [0.717, 1.165) is 48.5 Å². The summed E-state index contributed by atoms with van der Waals surface area (Å²) < 4.78 is 12.3. The van der Waals surface area contributed by atoms with E-state index in [9.17, 15) is 0 Å². The Morgan fingerprint density at radius 1 is 1.16 bits per heavy atom. The molecule has 0 aliphatic heterocycles. The summed E-state index contributed by atoms with van der Waals surface area (Å²) in [5.41, 5.74) is 1.15. The minimum absolute atomic E-state index is 0.678. The fourth-order valence-corrected chi connectivity index (χ4v) is 2.10. The average molecular weight is 330 g/mol. The number of benzene rings is 1. The fraction of sp³-hybridized carbons (Fsp3) is 0.600. The van der Waals surface area contributed by atoms with Crippen LogP contribution >= 0.6 is 15.9 Å². The summed E-state index contributed by atoms with van der Waals surface area (Å²) >= 11 is 3.44. The Morgan fingerprint density at radius 3 is 2.68 bits per heavy atom. The first-order valence-corrected chi connectivity index (χ1v) is 7.70. The predicted octanol–water partition coefficient (Wildman–Crippen LogP) is 3.54. The van der Waals surface area contributed by atoms with Gasteiger partial charge in [-0.2, -0.15) is 0 Å². The fourth-order valence-electron chi connectivity index (χ4n) is 1.63. The highest BCUT2D eigenvalue weighted by atomic mass is 79.9. The standard InChI is InChI=1S/C15H24BrNO2/c1-3-4-9-18-10-7-17-8-11-19-15-6-5-14(16)12-13(15)2/h5-6,12,17H,3-4,7-11H2,1-2H3. The van der Waals surface area contributed by atoms with Crippen molar-refractivity contribution >= 4 is 15.9 Å². The zero-order valence-electron chi connectivity index (χ0n) is 11.9. The minimum Gasteiger partial charge on any atom is -0.492 e. The van der Waals surface area contributed by atoms with Crippen molar-refractivity contribution in [2.24, 2.45) is 0 Å². The van der Waals surface area contributed by atoms with E-state index in [1.165, 1.54) is 6.42 Å². The Kier molecular flexibility index (Phi) is 8.88. The zero-order chi connectivity index (χ0) is 13.9. The molecular formula is C15H24BrNO2. The lowest BCUT2D eigenvalue weighted by atomic mass is 10.2. The third-order valence-electron chi connectivity index (χ3n) is 2.74. The van der Waals surface area contributed by atoms with E-state index in [-0.39, 0.29) is 0 Å². The Balaban J connectivity index is 2.01. The summed E-state index contributed by atoms with van der Waals surface area (Å²) in [6.07, 6.45) is 2.33. The van der Waals surface area contributed by atoms with Crippen LogP contribution in [-0.4, -0.2) is 32.9 Å². The van der Waals surface area contributed by atoms with Crippen molar-refractivity contribution in [2.75, 3.05) is 32.9 Å². The van der Waals surface area contributed by atoms with Gasteiger partial charge in [0.15, 0.2) is 0 Å². The molecule has 4 heteroatoms. The normalized spacial score (nSPS) is 10.7. The molecule has 0 heterocycles. The highest BCUT2D eigenvalue weighted by Crippen LogP contribution is 2.21. The third-order valence-corrected chi connectivity index (χ3v) is 3.23. The molecule has 0 fully saturated rings. The lowest BCUT2D eigenvalue weighted by molar-refractivity contribution is 0.132. The van der Waals surface area contributed by atoms with Gasteiger partial charge in [0, 0.05) is 24.2 Å². The predicted molar refractivity (Wildman–Crippen MR) is 83.0 cm³/mol. The van der Waals surface area contributed by atoms with Crippen molar-refractivity contribution in [2.45, 2.75) is 26.7 Å². The molecule has 0 radical (unpaired) electrons. The molecular weight excluding hydrogens is 306 g/mol. The van der Waals surface area contributed by atoms with Gasteiger partial charge in [-0.3, -0.25) is 0 Å². The number of aryl methyl sites for hydroxylation is 1. The number of hydrogen-bond acceptors (Lipinski definition) is 3. The van der Waals surface area contributed by atoms with Crippen molar-refractivity contribution in [1.29, 1.82) is 0 Å². The second kappa shape index (κ2) is 10.2. The van der Waals surface area contributed by atoms with E-state index in [2.05, 4.69) is 41.2 Å². The highest BCUT2D eigenvalue weighted by molar-refractivity contribution is 9.10. The lowest BCUT2D eigenvalue weighted by Gasteiger charge is -2.10. The number of hydrogen-bond donors (Lipinski definition) is 1. The molecule has 0 saturated carbocycles. The summed E-state index contributed by atoms with van der Waals surface area (Å²) in [5, 5.41) is 3.30. The number of rotatable bonds is 10. The van der Waals surface area contributed by atoms with Crippen molar-refractivity contribution in [3.8, 4) is 5.75 Å². The number of nitrogens with one attached hydrogen (secondary N) is 1. The second-order valence-electron chi connectivity index (χ2n) is 4.47. The largest absolute Gasteiger partial charge is 0.492 e. The number of ether oxygens (including phenoxy) is 2. The Morgan fingerprint density at radius 2 is 1.95 bits per heavy atom. The molecule has 0 spiro atoms. The summed E-state index contributed by atoms with van der Waals surface area (Å²) in [5.74, 6) is 0.948. The topological polar surface area (TPSA) is 30.5 Å². The van der Waals surface area contributed by atoms with Crippen LogP contribution in [0, 0.1) is 6.92 Å². The van der Waals surface area contributed by atoms with Crippen LogP contribution in [0.15, 0.2) is 22.7 Å². The van der Waals surface area contributed by atoms with Crippen molar-refractivity contribution in [3.05, 3.63) is 28.2 Å². The van der Waals surface area contributed by atoms with Gasteiger partial charge in [0.1, 0.15) is 12.4 Å². The van der Waals surface area contributed by atoms with Crippen molar-refractivity contribution < 1.29 is 9.47 Å². The maximum absolute atomic E-state index is 5.71. The first kappa shape index (κ1) is 16.5. The van der Waals surface area contributed by atoms with Crippen LogP contribution in [0.1, 0.15) is 25.3 Å². The zero-order valence-corrected chi connectivity index (χ0v) is 13.5. The molecule has 1 aromatic rings. The van der Waals surface area contributed by atoms with Gasteiger partial charge in [-0.15, -0.1) is 0 Å². The molecule has 0 amide bonds. The average Bonchev–Trinajstić information content (AvgIpc) is 2.39. The molecule has 0 saturated heterocycles. The van der Waals surface area contributed by atoms with Gasteiger partial charge in [0.2, 0.25) is 0 Å². The van der Waals surface area contributed by atoms with E-state index in [1.807, 2.05) is 12.1 Å². The molecule has 3 nitrogen and oxygen atoms in total. The summed E-state index contributed by atoms with van der Waals surface area (Å²) in [6, 6.07) is 6.05. The lowest BCUT2D eigenvalue weighted by Crippen LogP contribution is -2.25. The van der Waals surface area contributed by atoms with Crippen molar-refractivity contribution in [3.63, 3.8) is 0 Å². The van der Waals surface area contributed by atoms with Crippen LogP contribution < -0.4 is 10.1 Å². The molecule has 108 valence electrons. The molecule has 0 aliphatic carbocycles. The van der Waals surface area contributed by atoms with E-state index in [0.29, 0.717) is 6.61 Å². The number of unbranched alkanes of at least 4 members (excludes halogenated alkanes) is 1. The summed E-state index contributed by atoms with van der Waals surface area (Å²) in [7, 11) is 0. The molecule has 1 aromatic carbocycles. The van der Waals surface area contributed by atoms with Gasteiger partial charge in [0.05, 0.1) is 6.61 Å². The molecule has 1 rings (SSSR count). The van der Waals surface area contributed by atoms with Gasteiger partial charge in [-0.05, 0) is 37.1 Å². The molecule has 0 aliphatic rings. The summed E-state index contributed by atoms with van der Waals surface area (Å²) in [6.45, 7) is 8.26. The quantitative estimate of drug-likeness (QED) is 0.666. The van der Waals surface area contributed by atoms with E-state index < -0.39 is 0 Å². The van der Waals surface area contributed by atoms with Crippen LogP contribution in [0.4, 0.5) is 0 Å².